The Kier molecular flexibility index (Phi) is 5.29. The summed E-state index contributed by atoms with van der Waals surface area (Å²) >= 11 is 2.73. The lowest BCUT2D eigenvalue weighted by atomic mass is 10.2. The van der Waals surface area contributed by atoms with Gasteiger partial charge in [0.15, 0.2) is 5.13 Å². The number of para-hydroxylation sites is 1. The SMILES string of the molecule is Cc1ccc2nc(NC(=O)[C@@H]3CCCN3Sc3ccccc3[N+](=O)[O-])sc2c1. The van der Waals surface area contributed by atoms with E-state index in [2.05, 4.69) is 16.4 Å². The van der Waals surface area contributed by atoms with Crippen LogP contribution in [0.25, 0.3) is 10.2 Å². The van der Waals surface area contributed by atoms with Crippen LogP contribution >= 0.6 is 23.3 Å². The Labute approximate surface area is 170 Å². The molecule has 0 saturated carbocycles. The Morgan fingerprint density at radius 1 is 1.36 bits per heavy atom. The van der Waals surface area contributed by atoms with E-state index in [-0.39, 0.29) is 17.6 Å². The van der Waals surface area contributed by atoms with Crippen molar-refractivity contribution in [1.29, 1.82) is 0 Å². The molecule has 3 aromatic rings. The zero-order valence-corrected chi connectivity index (χ0v) is 16.8. The lowest BCUT2D eigenvalue weighted by Crippen LogP contribution is -2.35. The fraction of sp³-hybridized carbons (Fsp3) is 0.263. The van der Waals surface area contributed by atoms with E-state index in [1.165, 1.54) is 29.4 Å². The van der Waals surface area contributed by atoms with Crippen LogP contribution < -0.4 is 5.32 Å². The highest BCUT2D eigenvalue weighted by Crippen LogP contribution is 2.36. The molecule has 1 atom stereocenters. The zero-order chi connectivity index (χ0) is 19.7. The summed E-state index contributed by atoms with van der Waals surface area (Å²) in [6.07, 6.45) is 1.58. The maximum atomic E-state index is 12.8. The molecule has 1 aliphatic rings. The molecule has 4 rings (SSSR count). The third kappa shape index (κ3) is 3.87. The number of nitro groups is 1. The van der Waals surface area contributed by atoms with Crippen molar-refractivity contribution in [3.63, 3.8) is 0 Å². The van der Waals surface area contributed by atoms with Gasteiger partial charge in [0.1, 0.15) is 4.90 Å². The molecule has 1 amide bonds. The highest BCUT2D eigenvalue weighted by Gasteiger charge is 2.33. The maximum absolute atomic E-state index is 12.8. The van der Waals surface area contributed by atoms with E-state index < -0.39 is 4.92 Å². The van der Waals surface area contributed by atoms with Gasteiger partial charge in [-0.3, -0.25) is 14.9 Å². The van der Waals surface area contributed by atoms with E-state index in [1.807, 2.05) is 23.4 Å². The second-order valence-electron chi connectivity index (χ2n) is 6.59. The van der Waals surface area contributed by atoms with Crippen LogP contribution in [0.15, 0.2) is 47.4 Å². The molecule has 0 aliphatic carbocycles. The smallest absolute Gasteiger partial charge is 0.284 e. The predicted octanol–water partition coefficient (Wildman–Crippen LogP) is 4.62. The van der Waals surface area contributed by atoms with Crippen LogP contribution in [0.4, 0.5) is 10.8 Å². The number of nitro benzene ring substituents is 1. The molecule has 144 valence electrons. The Morgan fingerprint density at radius 3 is 3.00 bits per heavy atom. The zero-order valence-electron chi connectivity index (χ0n) is 15.1. The number of aryl methyl sites for hydroxylation is 1. The second kappa shape index (κ2) is 7.86. The van der Waals surface area contributed by atoms with Gasteiger partial charge in [-0.1, -0.05) is 29.5 Å². The standard InChI is InChI=1S/C19H18N4O3S2/c1-12-8-9-13-17(11-12)27-19(20-13)21-18(24)15-6-4-10-22(15)28-16-7-3-2-5-14(16)23(25)26/h2-3,5,7-9,11,15H,4,6,10H2,1H3,(H,20,21,24)/t15-/m0/s1. The predicted molar refractivity (Wildman–Crippen MR) is 112 cm³/mol. The fourth-order valence-electron chi connectivity index (χ4n) is 3.20. The first kappa shape index (κ1) is 18.9. The minimum Gasteiger partial charge on any atom is -0.301 e. The van der Waals surface area contributed by atoms with Crippen molar-refractivity contribution in [3.8, 4) is 0 Å². The minimum absolute atomic E-state index is 0.0556. The molecule has 9 heteroatoms. The number of anilines is 1. The quantitative estimate of drug-likeness (QED) is 0.372. The van der Waals surface area contributed by atoms with Crippen LogP contribution in [-0.4, -0.2) is 32.7 Å². The number of thiazole rings is 1. The lowest BCUT2D eigenvalue weighted by Gasteiger charge is -2.21. The van der Waals surface area contributed by atoms with E-state index in [0.717, 1.165) is 22.2 Å². The van der Waals surface area contributed by atoms with Gasteiger partial charge in [0, 0.05) is 12.6 Å². The van der Waals surface area contributed by atoms with Gasteiger partial charge in [0.2, 0.25) is 5.91 Å². The lowest BCUT2D eigenvalue weighted by molar-refractivity contribution is -0.387. The third-order valence-corrected chi connectivity index (χ3v) is 6.71. The van der Waals surface area contributed by atoms with Gasteiger partial charge in [-0.05, 0) is 55.5 Å². The first-order valence-electron chi connectivity index (χ1n) is 8.87. The van der Waals surface area contributed by atoms with Gasteiger partial charge < -0.3 is 5.32 Å². The molecule has 28 heavy (non-hydrogen) atoms. The molecule has 0 spiro atoms. The molecule has 1 aromatic heterocycles. The molecule has 2 aromatic carbocycles. The van der Waals surface area contributed by atoms with Crippen molar-refractivity contribution in [1.82, 2.24) is 9.29 Å². The van der Waals surface area contributed by atoms with E-state index in [0.29, 0.717) is 23.0 Å². The topological polar surface area (TPSA) is 88.4 Å². The van der Waals surface area contributed by atoms with Crippen molar-refractivity contribution in [2.24, 2.45) is 0 Å². The molecule has 7 nitrogen and oxygen atoms in total. The fourth-order valence-corrected chi connectivity index (χ4v) is 5.34. The van der Waals surface area contributed by atoms with Gasteiger partial charge in [0.25, 0.3) is 5.69 Å². The molecule has 1 saturated heterocycles. The van der Waals surface area contributed by atoms with E-state index in [9.17, 15) is 14.9 Å². The number of carbonyl (C=O) groups is 1. The Bertz CT molecular complexity index is 1050. The van der Waals surface area contributed by atoms with Gasteiger partial charge in [-0.2, -0.15) is 0 Å². The molecule has 0 unspecified atom stereocenters. The summed E-state index contributed by atoms with van der Waals surface area (Å²) in [5.41, 5.74) is 2.07. The number of benzene rings is 2. The number of aromatic nitrogens is 1. The first-order chi connectivity index (χ1) is 13.5. The monoisotopic (exact) mass is 414 g/mol. The molecule has 0 radical (unpaired) electrons. The van der Waals surface area contributed by atoms with Crippen molar-refractivity contribution in [2.45, 2.75) is 30.7 Å². The van der Waals surface area contributed by atoms with E-state index in [1.54, 1.807) is 18.2 Å². The van der Waals surface area contributed by atoms with Gasteiger partial charge in [0.05, 0.1) is 21.2 Å². The number of fused-ring (bicyclic) bond motifs is 1. The number of carbonyl (C=O) groups excluding carboxylic acids is 1. The number of rotatable bonds is 5. The number of hydrogen-bond donors (Lipinski definition) is 1. The van der Waals surface area contributed by atoms with Crippen LogP contribution in [0.2, 0.25) is 0 Å². The van der Waals surface area contributed by atoms with Crippen molar-refractivity contribution in [3.05, 3.63) is 58.1 Å². The van der Waals surface area contributed by atoms with E-state index >= 15 is 0 Å². The summed E-state index contributed by atoms with van der Waals surface area (Å²) in [5.74, 6) is -0.126. The third-order valence-electron chi connectivity index (χ3n) is 4.56. The van der Waals surface area contributed by atoms with Crippen molar-refractivity contribution >= 4 is 50.2 Å². The van der Waals surface area contributed by atoms with E-state index in [4.69, 9.17) is 0 Å². The Hall–Kier alpha value is -2.49. The van der Waals surface area contributed by atoms with Crippen LogP contribution in [0, 0.1) is 17.0 Å². The molecule has 0 bridgehead atoms. The first-order valence-corrected chi connectivity index (χ1v) is 10.5. The van der Waals surface area contributed by atoms with Crippen molar-refractivity contribution < 1.29 is 9.72 Å². The van der Waals surface area contributed by atoms with Crippen LogP contribution in [-0.2, 0) is 4.79 Å². The number of nitrogens with one attached hydrogen (secondary N) is 1. The molecule has 2 heterocycles. The van der Waals surface area contributed by atoms with Gasteiger partial charge in [-0.25, -0.2) is 9.29 Å². The minimum atomic E-state index is -0.392. The normalized spacial score (nSPS) is 17.1. The summed E-state index contributed by atoms with van der Waals surface area (Å²) < 4.78 is 2.96. The van der Waals surface area contributed by atoms with Crippen LogP contribution in [0.1, 0.15) is 18.4 Å². The highest BCUT2D eigenvalue weighted by atomic mass is 32.2. The average Bonchev–Trinajstić information content (AvgIpc) is 3.28. The largest absolute Gasteiger partial charge is 0.301 e. The number of nitrogens with zero attached hydrogens (tertiary/aromatic N) is 3. The number of amides is 1. The summed E-state index contributed by atoms with van der Waals surface area (Å²) in [4.78, 5) is 28.7. The summed E-state index contributed by atoms with van der Waals surface area (Å²) in [7, 11) is 0. The molecule has 1 aliphatic heterocycles. The molecular weight excluding hydrogens is 396 g/mol. The molecule has 1 N–H and O–H groups in total. The van der Waals surface area contributed by atoms with Gasteiger partial charge >= 0.3 is 0 Å². The summed E-state index contributed by atoms with van der Waals surface area (Å²) in [6.45, 7) is 2.72. The summed E-state index contributed by atoms with van der Waals surface area (Å²) in [5, 5.41) is 14.8. The average molecular weight is 415 g/mol. The molecular formula is C19H18N4O3S2. The van der Waals surface area contributed by atoms with Gasteiger partial charge in [-0.15, -0.1) is 0 Å². The summed E-state index contributed by atoms with van der Waals surface area (Å²) in [6, 6.07) is 12.3. The Balaban J connectivity index is 1.49. The second-order valence-corrected chi connectivity index (χ2v) is 8.72. The Morgan fingerprint density at radius 2 is 2.18 bits per heavy atom. The van der Waals surface area contributed by atoms with Crippen LogP contribution in [0.3, 0.4) is 0 Å². The molecule has 1 fully saturated rings. The number of hydrogen-bond acceptors (Lipinski definition) is 7. The van der Waals surface area contributed by atoms with Crippen molar-refractivity contribution in [2.75, 3.05) is 11.9 Å². The van der Waals surface area contributed by atoms with Crippen LogP contribution in [0.5, 0.6) is 0 Å². The highest BCUT2D eigenvalue weighted by molar-refractivity contribution is 7.97. The maximum Gasteiger partial charge on any atom is 0.284 e.